The molecule has 2 fully saturated rings. The average molecular weight is 393 g/mol. The number of aryl methyl sites for hydroxylation is 1. The monoisotopic (exact) mass is 392 g/mol. The predicted octanol–water partition coefficient (Wildman–Crippen LogP) is 3.47. The molecule has 2 aromatic carbocycles. The van der Waals surface area contributed by atoms with Crippen LogP contribution in [0.5, 0.6) is 0 Å². The Bertz CT molecular complexity index is 815. The van der Waals surface area contributed by atoms with Crippen molar-refractivity contribution in [2.75, 3.05) is 51.3 Å². The molecule has 0 aliphatic carbocycles. The van der Waals surface area contributed by atoms with Crippen molar-refractivity contribution in [3.05, 3.63) is 65.7 Å². The first-order valence-electron chi connectivity index (χ1n) is 10.7. The number of anilines is 1. The molecular formula is C24H32N4O. The Morgan fingerprint density at radius 1 is 1.07 bits per heavy atom. The minimum absolute atomic E-state index is 0.181. The van der Waals surface area contributed by atoms with Crippen molar-refractivity contribution >= 4 is 11.6 Å². The Kier molecular flexibility index (Phi) is 6.35. The van der Waals surface area contributed by atoms with E-state index in [1.807, 2.05) is 7.05 Å². The van der Waals surface area contributed by atoms with Gasteiger partial charge in [0.2, 0.25) is 0 Å². The quantitative estimate of drug-likeness (QED) is 0.639. The molecule has 2 heterocycles. The molecule has 2 atom stereocenters. The molecule has 0 saturated carbocycles. The molecule has 0 spiro atoms. The number of aliphatic imine (C=N–C) groups is 1. The molecule has 2 aliphatic rings. The lowest BCUT2D eigenvalue weighted by atomic mass is 9.95. The van der Waals surface area contributed by atoms with Gasteiger partial charge in [-0.25, -0.2) is 0 Å². The average Bonchev–Trinajstić information content (AvgIpc) is 3.24. The van der Waals surface area contributed by atoms with Gasteiger partial charge in [-0.2, -0.15) is 0 Å². The maximum absolute atomic E-state index is 6.04. The number of nitrogens with one attached hydrogen (secondary N) is 1. The van der Waals surface area contributed by atoms with E-state index in [-0.39, 0.29) is 6.10 Å². The zero-order valence-electron chi connectivity index (χ0n) is 17.6. The number of piperazine rings is 1. The number of nitrogens with zero attached hydrogens (tertiary/aromatic N) is 3. The van der Waals surface area contributed by atoms with Crippen molar-refractivity contribution in [3.8, 4) is 0 Å². The van der Waals surface area contributed by atoms with Crippen LogP contribution in [0.1, 0.15) is 23.7 Å². The molecule has 0 bridgehead atoms. The third-order valence-corrected chi connectivity index (χ3v) is 6.02. The van der Waals surface area contributed by atoms with E-state index in [4.69, 9.17) is 4.74 Å². The predicted molar refractivity (Wildman–Crippen MR) is 120 cm³/mol. The molecule has 2 saturated heterocycles. The van der Waals surface area contributed by atoms with Crippen LogP contribution < -0.4 is 10.2 Å². The Morgan fingerprint density at radius 3 is 2.59 bits per heavy atom. The van der Waals surface area contributed by atoms with E-state index in [2.05, 4.69) is 81.6 Å². The van der Waals surface area contributed by atoms with Crippen LogP contribution in [0.4, 0.5) is 5.69 Å². The molecule has 154 valence electrons. The largest absolute Gasteiger partial charge is 0.373 e. The van der Waals surface area contributed by atoms with Crippen molar-refractivity contribution in [2.24, 2.45) is 10.9 Å². The summed E-state index contributed by atoms with van der Waals surface area (Å²) in [5, 5.41) is 3.62. The molecule has 0 aromatic heterocycles. The van der Waals surface area contributed by atoms with Crippen molar-refractivity contribution in [2.45, 2.75) is 19.4 Å². The normalized spacial score (nSPS) is 22.8. The standard InChI is InChI=1S/C24H32N4O/c1-19-7-6-10-22(17-19)27-12-14-28(15-13-27)24(25-2)26-18-21-11-16-29-23(21)20-8-4-3-5-9-20/h3-10,17,21,23H,11-16,18H2,1-2H3,(H,25,26). The summed E-state index contributed by atoms with van der Waals surface area (Å²) < 4.78 is 6.04. The van der Waals surface area contributed by atoms with Crippen molar-refractivity contribution < 1.29 is 4.74 Å². The van der Waals surface area contributed by atoms with Gasteiger partial charge in [-0.15, -0.1) is 0 Å². The van der Waals surface area contributed by atoms with E-state index in [1.165, 1.54) is 16.8 Å². The van der Waals surface area contributed by atoms with E-state index >= 15 is 0 Å². The fourth-order valence-corrected chi connectivity index (χ4v) is 4.41. The maximum Gasteiger partial charge on any atom is 0.193 e. The number of hydrogen-bond donors (Lipinski definition) is 1. The molecule has 29 heavy (non-hydrogen) atoms. The number of benzene rings is 2. The van der Waals surface area contributed by atoms with Gasteiger partial charge in [-0.3, -0.25) is 4.99 Å². The molecule has 0 radical (unpaired) electrons. The van der Waals surface area contributed by atoms with E-state index < -0.39 is 0 Å². The van der Waals surface area contributed by atoms with Crippen LogP contribution in [0.25, 0.3) is 0 Å². The van der Waals surface area contributed by atoms with Gasteiger partial charge >= 0.3 is 0 Å². The fourth-order valence-electron chi connectivity index (χ4n) is 4.41. The second-order valence-corrected chi connectivity index (χ2v) is 7.99. The summed E-state index contributed by atoms with van der Waals surface area (Å²) in [6.07, 6.45) is 1.27. The second kappa shape index (κ2) is 9.31. The Balaban J connectivity index is 1.31. The summed E-state index contributed by atoms with van der Waals surface area (Å²) in [4.78, 5) is 9.39. The summed E-state index contributed by atoms with van der Waals surface area (Å²) in [7, 11) is 1.88. The number of guanidine groups is 1. The minimum atomic E-state index is 0.181. The SMILES string of the molecule is CN=C(NCC1CCOC1c1ccccc1)N1CCN(c2cccc(C)c2)CC1. The molecule has 1 N–H and O–H groups in total. The first kappa shape index (κ1) is 19.8. The Hall–Kier alpha value is -2.53. The second-order valence-electron chi connectivity index (χ2n) is 7.99. The van der Waals surface area contributed by atoms with Crippen LogP contribution in [0.15, 0.2) is 59.6 Å². The highest BCUT2D eigenvalue weighted by molar-refractivity contribution is 5.80. The zero-order chi connectivity index (χ0) is 20.1. The molecule has 2 aliphatic heterocycles. The summed E-state index contributed by atoms with van der Waals surface area (Å²) in [5.74, 6) is 1.48. The molecule has 2 unspecified atom stereocenters. The first-order chi connectivity index (χ1) is 14.2. The van der Waals surface area contributed by atoms with Crippen LogP contribution in [0.3, 0.4) is 0 Å². The third-order valence-electron chi connectivity index (χ3n) is 6.02. The Labute approximate surface area is 174 Å². The topological polar surface area (TPSA) is 40.1 Å². The fraction of sp³-hybridized carbons (Fsp3) is 0.458. The van der Waals surface area contributed by atoms with Gasteiger partial charge in [0.25, 0.3) is 0 Å². The third kappa shape index (κ3) is 4.73. The van der Waals surface area contributed by atoms with Crippen LogP contribution in [0.2, 0.25) is 0 Å². The lowest BCUT2D eigenvalue weighted by molar-refractivity contribution is 0.0913. The molecule has 0 amide bonds. The molecule has 4 rings (SSSR count). The van der Waals surface area contributed by atoms with Gasteiger partial charge < -0.3 is 19.9 Å². The summed E-state index contributed by atoms with van der Waals surface area (Å²) in [5.41, 5.74) is 3.91. The van der Waals surface area contributed by atoms with Crippen LogP contribution in [-0.2, 0) is 4.74 Å². The summed E-state index contributed by atoms with van der Waals surface area (Å²) in [6.45, 7) is 7.88. The first-order valence-corrected chi connectivity index (χ1v) is 10.7. The molecular weight excluding hydrogens is 360 g/mol. The van der Waals surface area contributed by atoms with E-state index in [0.717, 1.165) is 51.7 Å². The van der Waals surface area contributed by atoms with Crippen LogP contribution in [-0.4, -0.2) is 57.2 Å². The highest BCUT2D eigenvalue weighted by Gasteiger charge is 2.30. The highest BCUT2D eigenvalue weighted by atomic mass is 16.5. The smallest absolute Gasteiger partial charge is 0.193 e. The van der Waals surface area contributed by atoms with Gasteiger partial charge in [-0.1, -0.05) is 42.5 Å². The lowest BCUT2D eigenvalue weighted by Gasteiger charge is -2.38. The van der Waals surface area contributed by atoms with E-state index in [9.17, 15) is 0 Å². The number of ether oxygens (including phenoxy) is 1. The van der Waals surface area contributed by atoms with Gasteiger partial charge in [0, 0.05) is 58.0 Å². The van der Waals surface area contributed by atoms with Gasteiger partial charge in [0.15, 0.2) is 5.96 Å². The molecule has 5 heteroatoms. The number of hydrogen-bond acceptors (Lipinski definition) is 3. The minimum Gasteiger partial charge on any atom is -0.373 e. The molecule has 2 aromatic rings. The summed E-state index contributed by atoms with van der Waals surface area (Å²) >= 11 is 0. The van der Waals surface area contributed by atoms with Gasteiger partial charge in [0.05, 0.1) is 6.10 Å². The molecule has 5 nitrogen and oxygen atoms in total. The number of rotatable bonds is 4. The van der Waals surface area contributed by atoms with Crippen molar-refractivity contribution in [1.82, 2.24) is 10.2 Å². The van der Waals surface area contributed by atoms with Crippen LogP contribution >= 0.6 is 0 Å². The van der Waals surface area contributed by atoms with E-state index in [1.54, 1.807) is 0 Å². The lowest BCUT2D eigenvalue weighted by Crippen LogP contribution is -2.53. The maximum atomic E-state index is 6.04. The van der Waals surface area contributed by atoms with Crippen molar-refractivity contribution in [3.63, 3.8) is 0 Å². The van der Waals surface area contributed by atoms with Crippen LogP contribution in [0, 0.1) is 12.8 Å². The highest BCUT2D eigenvalue weighted by Crippen LogP contribution is 2.33. The van der Waals surface area contributed by atoms with Gasteiger partial charge in [0.1, 0.15) is 0 Å². The van der Waals surface area contributed by atoms with Gasteiger partial charge in [-0.05, 0) is 36.6 Å². The zero-order valence-corrected chi connectivity index (χ0v) is 17.6. The Morgan fingerprint density at radius 2 is 1.86 bits per heavy atom. The van der Waals surface area contributed by atoms with E-state index in [0.29, 0.717) is 5.92 Å². The van der Waals surface area contributed by atoms with Crippen molar-refractivity contribution in [1.29, 1.82) is 0 Å². The summed E-state index contributed by atoms with van der Waals surface area (Å²) in [6, 6.07) is 19.4.